The molecule has 0 aliphatic rings. The first kappa shape index (κ1) is 18.6. The van der Waals surface area contributed by atoms with E-state index in [1.807, 2.05) is 11.3 Å². The lowest BCUT2D eigenvalue weighted by Crippen LogP contribution is -2.38. The van der Waals surface area contributed by atoms with Crippen molar-refractivity contribution in [1.82, 2.24) is 4.40 Å². The number of aryl methyl sites for hydroxylation is 2. The van der Waals surface area contributed by atoms with Crippen LogP contribution in [0.1, 0.15) is 5.56 Å². The summed E-state index contributed by atoms with van der Waals surface area (Å²) in [5, 5.41) is 8.39. The molecule has 156 valence electrons. The maximum Gasteiger partial charge on any atom is 0.224 e. The molecule has 4 heterocycles. The fourth-order valence-corrected chi connectivity index (χ4v) is 7.96. The molecule has 7 aromatic rings. The summed E-state index contributed by atoms with van der Waals surface area (Å²) in [6.45, 7) is 9.62. The Balaban J connectivity index is 1.93. The summed E-state index contributed by atoms with van der Waals surface area (Å²) in [6, 6.07) is 20.8. The molecule has 0 saturated carbocycles. The van der Waals surface area contributed by atoms with Crippen molar-refractivity contribution in [2.24, 2.45) is 7.05 Å². The van der Waals surface area contributed by atoms with Crippen LogP contribution in [0, 0.1) is 6.92 Å². The first-order chi connectivity index (χ1) is 15.3. The van der Waals surface area contributed by atoms with E-state index in [9.17, 15) is 0 Å². The number of pyridine rings is 2. The fourth-order valence-electron chi connectivity index (χ4n) is 5.59. The van der Waals surface area contributed by atoms with E-state index in [2.05, 4.69) is 103 Å². The van der Waals surface area contributed by atoms with Gasteiger partial charge in [0.1, 0.15) is 7.05 Å². The van der Waals surface area contributed by atoms with Gasteiger partial charge in [0.15, 0.2) is 6.20 Å². The zero-order valence-electron chi connectivity index (χ0n) is 19.1. The van der Waals surface area contributed by atoms with Gasteiger partial charge in [-0.1, -0.05) is 61.2 Å². The number of nitrogens with zero attached hydrogens (tertiary/aromatic N) is 2. The van der Waals surface area contributed by atoms with Crippen LogP contribution < -0.4 is 9.75 Å². The van der Waals surface area contributed by atoms with E-state index in [0.29, 0.717) is 0 Å². The molecule has 0 aliphatic heterocycles. The third-order valence-electron chi connectivity index (χ3n) is 7.21. The van der Waals surface area contributed by atoms with Crippen LogP contribution in [0.3, 0.4) is 0 Å². The summed E-state index contributed by atoms with van der Waals surface area (Å²) in [6.07, 6.45) is 2.24. The first-order valence-electron chi connectivity index (χ1n) is 11.3. The van der Waals surface area contributed by atoms with Crippen molar-refractivity contribution in [1.29, 1.82) is 0 Å². The van der Waals surface area contributed by atoms with Gasteiger partial charge in [-0.2, -0.15) is 0 Å². The molecule has 0 fully saturated rings. The maximum absolute atomic E-state index is 2.60. The molecule has 3 aromatic carbocycles. The molecule has 0 radical (unpaired) electrons. The Kier molecular flexibility index (Phi) is 3.42. The molecule has 0 spiro atoms. The van der Waals surface area contributed by atoms with Crippen molar-refractivity contribution in [2.45, 2.75) is 26.6 Å². The zero-order chi connectivity index (χ0) is 21.9. The van der Waals surface area contributed by atoms with Gasteiger partial charge in [-0.05, 0) is 30.0 Å². The Labute approximate surface area is 191 Å². The van der Waals surface area contributed by atoms with Gasteiger partial charge in [-0.3, -0.25) is 0 Å². The number of hydrogen-bond acceptors (Lipinski definition) is 1. The minimum absolute atomic E-state index is 1.34. The Bertz CT molecular complexity index is 1880. The Morgan fingerprint density at radius 3 is 2.50 bits per heavy atom. The summed E-state index contributed by atoms with van der Waals surface area (Å²) in [7, 11) is 0.701. The normalized spacial score (nSPS) is 13.2. The lowest BCUT2D eigenvalue weighted by molar-refractivity contribution is -0.643. The minimum atomic E-state index is -1.49. The molecule has 7 rings (SSSR count). The van der Waals surface area contributed by atoms with E-state index in [1.54, 1.807) is 0 Å². The topological polar surface area (TPSA) is 8.29 Å². The van der Waals surface area contributed by atoms with E-state index in [4.69, 9.17) is 0 Å². The monoisotopic (exact) mass is 449 g/mol. The average molecular weight is 450 g/mol. The van der Waals surface area contributed by atoms with Crippen molar-refractivity contribution in [3.63, 3.8) is 0 Å². The highest BCUT2D eigenvalue weighted by molar-refractivity contribution is 7.26. The molecule has 0 bridgehead atoms. The molecule has 0 N–H and O–H groups in total. The number of aromatic nitrogens is 2. The third kappa shape index (κ3) is 2.17. The first-order valence-corrected chi connectivity index (χ1v) is 15.6. The summed E-state index contributed by atoms with van der Waals surface area (Å²) in [4.78, 5) is 0. The van der Waals surface area contributed by atoms with Crippen LogP contribution in [0.4, 0.5) is 0 Å². The lowest BCUT2D eigenvalue weighted by Gasteiger charge is -2.20. The van der Waals surface area contributed by atoms with E-state index >= 15 is 0 Å². The van der Waals surface area contributed by atoms with Gasteiger partial charge in [0.05, 0.1) is 40.1 Å². The van der Waals surface area contributed by atoms with Gasteiger partial charge in [0.25, 0.3) is 0 Å². The zero-order valence-corrected chi connectivity index (χ0v) is 20.9. The van der Waals surface area contributed by atoms with Gasteiger partial charge in [-0.25, -0.2) is 4.57 Å². The van der Waals surface area contributed by atoms with Crippen LogP contribution >= 0.6 is 11.3 Å². The molecule has 0 unspecified atom stereocenters. The second-order valence-corrected chi connectivity index (χ2v) is 16.4. The number of rotatable bonds is 1. The molecule has 0 saturated heterocycles. The van der Waals surface area contributed by atoms with Crippen LogP contribution in [0.2, 0.25) is 19.6 Å². The van der Waals surface area contributed by atoms with Crippen molar-refractivity contribution in [3.05, 3.63) is 66.4 Å². The van der Waals surface area contributed by atoms with Crippen molar-refractivity contribution in [3.8, 4) is 0 Å². The second kappa shape index (κ2) is 5.88. The van der Waals surface area contributed by atoms with Crippen LogP contribution in [-0.2, 0) is 7.05 Å². The highest BCUT2D eigenvalue weighted by atomic mass is 32.1. The van der Waals surface area contributed by atoms with Crippen LogP contribution in [-0.4, -0.2) is 12.5 Å². The number of fused-ring (bicyclic) bond motifs is 7. The molecule has 0 aliphatic carbocycles. The molecular weight excluding hydrogens is 424 g/mol. The van der Waals surface area contributed by atoms with E-state index < -0.39 is 8.07 Å². The highest BCUT2D eigenvalue weighted by Crippen LogP contribution is 2.45. The van der Waals surface area contributed by atoms with Gasteiger partial charge in [-0.15, -0.1) is 11.3 Å². The Morgan fingerprint density at radius 2 is 1.69 bits per heavy atom. The maximum atomic E-state index is 2.60. The fraction of sp³-hybridized carbons (Fsp3) is 0.179. The predicted molar refractivity (Wildman–Crippen MR) is 143 cm³/mol. The molecule has 2 nitrogen and oxygen atoms in total. The number of hydrogen-bond donors (Lipinski definition) is 0. The standard InChI is InChI=1S/C28H25N2SSi/c1-16-10-11-20-25-23(16)27-24-17(12-13-29(27)2)14-18(32(3,4)5)15-21(24)30(25)26-19-8-6-7-9-22(19)31-28(20)26/h6-15H,1-5H3/q+1. The van der Waals surface area contributed by atoms with Crippen LogP contribution in [0.15, 0.2) is 60.8 Å². The van der Waals surface area contributed by atoms with Crippen molar-refractivity contribution >= 4 is 83.0 Å². The Morgan fingerprint density at radius 1 is 0.875 bits per heavy atom. The molecule has 4 heteroatoms. The number of benzene rings is 3. The molecule has 0 atom stereocenters. The Hall–Kier alpha value is -2.95. The summed E-state index contributed by atoms with van der Waals surface area (Å²) in [5.41, 5.74) is 6.80. The summed E-state index contributed by atoms with van der Waals surface area (Å²) < 4.78 is 7.70. The van der Waals surface area contributed by atoms with E-state index in [-0.39, 0.29) is 0 Å². The van der Waals surface area contributed by atoms with Crippen LogP contribution in [0.25, 0.3) is 58.4 Å². The predicted octanol–water partition coefficient (Wildman–Crippen LogP) is 6.88. The molecule has 32 heavy (non-hydrogen) atoms. The third-order valence-corrected chi connectivity index (χ3v) is 10.4. The van der Waals surface area contributed by atoms with E-state index in [0.717, 1.165) is 0 Å². The largest absolute Gasteiger partial charge is 0.306 e. The van der Waals surface area contributed by atoms with Gasteiger partial charge in [0, 0.05) is 21.5 Å². The quantitative estimate of drug-likeness (QED) is 0.112. The molecule has 0 amide bonds. The van der Waals surface area contributed by atoms with Crippen LogP contribution in [0.5, 0.6) is 0 Å². The smallest absolute Gasteiger partial charge is 0.224 e. The minimum Gasteiger partial charge on any atom is -0.306 e. The summed E-state index contributed by atoms with van der Waals surface area (Å²) in [5.74, 6) is 0. The molecule has 4 aromatic heterocycles. The number of thiophene rings is 1. The van der Waals surface area contributed by atoms with Gasteiger partial charge >= 0.3 is 0 Å². The lowest BCUT2D eigenvalue weighted by atomic mass is 10.0. The second-order valence-electron chi connectivity index (χ2n) is 10.2. The summed E-state index contributed by atoms with van der Waals surface area (Å²) >= 11 is 1.93. The van der Waals surface area contributed by atoms with Gasteiger partial charge < -0.3 is 4.40 Å². The van der Waals surface area contributed by atoms with Crippen molar-refractivity contribution < 1.29 is 4.57 Å². The molecular formula is C28H25N2SSi+. The highest BCUT2D eigenvalue weighted by Gasteiger charge is 2.27. The average Bonchev–Trinajstić information content (AvgIpc) is 3.28. The van der Waals surface area contributed by atoms with Crippen molar-refractivity contribution in [2.75, 3.05) is 0 Å². The SMILES string of the molecule is Cc1ccc2c3sc4ccccc4c3n3c4cc([Si](C)(C)C)cc5cc[n+](C)c(c1c23)c54. The van der Waals surface area contributed by atoms with Gasteiger partial charge in [0.2, 0.25) is 5.52 Å². The van der Waals surface area contributed by atoms with E-state index in [1.165, 1.54) is 69.1 Å².